The van der Waals surface area contributed by atoms with Crippen LogP contribution in [0.25, 0.3) is 0 Å². The van der Waals surface area contributed by atoms with Crippen molar-refractivity contribution < 1.29 is 19.4 Å². The number of ether oxygens (including phenoxy) is 1. The molecule has 0 aromatic heterocycles. The van der Waals surface area contributed by atoms with Crippen molar-refractivity contribution in [2.75, 3.05) is 20.3 Å². The summed E-state index contributed by atoms with van der Waals surface area (Å²) in [4.78, 5) is 21.4. The van der Waals surface area contributed by atoms with Crippen LogP contribution in [0.2, 0.25) is 0 Å². The molecule has 0 heterocycles. The fraction of sp³-hybridized carbons (Fsp3) is 0.778. The lowest BCUT2D eigenvalue weighted by atomic mass is 10.1. The van der Waals surface area contributed by atoms with Crippen molar-refractivity contribution in [1.82, 2.24) is 10.6 Å². The molecular weight excluding hydrogens is 200 g/mol. The topological polar surface area (TPSA) is 87.7 Å². The highest BCUT2D eigenvalue weighted by Crippen LogP contribution is 2.01. The van der Waals surface area contributed by atoms with Crippen molar-refractivity contribution in [3.63, 3.8) is 0 Å². The van der Waals surface area contributed by atoms with E-state index in [-0.39, 0.29) is 13.0 Å². The third-order valence-corrected chi connectivity index (χ3v) is 1.58. The molecule has 3 N–H and O–H groups in total. The van der Waals surface area contributed by atoms with Gasteiger partial charge in [-0.1, -0.05) is 0 Å². The van der Waals surface area contributed by atoms with Gasteiger partial charge in [-0.3, -0.25) is 4.79 Å². The van der Waals surface area contributed by atoms with Crippen molar-refractivity contribution in [3.8, 4) is 0 Å². The zero-order chi connectivity index (χ0) is 11.9. The maximum atomic E-state index is 11.2. The highest BCUT2D eigenvalue weighted by Gasteiger charge is 2.19. The summed E-state index contributed by atoms with van der Waals surface area (Å²) < 4.78 is 4.91. The van der Waals surface area contributed by atoms with Gasteiger partial charge in [0.05, 0.1) is 18.6 Å². The molecule has 0 atom stereocenters. The molecule has 0 bridgehead atoms. The maximum Gasteiger partial charge on any atom is 0.315 e. The maximum absolute atomic E-state index is 11.2. The van der Waals surface area contributed by atoms with E-state index in [1.54, 1.807) is 7.11 Å². The van der Waals surface area contributed by atoms with Crippen molar-refractivity contribution in [3.05, 3.63) is 0 Å². The molecule has 0 aromatic rings. The first-order valence-corrected chi connectivity index (χ1v) is 4.64. The van der Waals surface area contributed by atoms with Gasteiger partial charge in [0.15, 0.2) is 0 Å². The minimum atomic E-state index is -0.938. The Kier molecular flexibility index (Phi) is 5.69. The van der Waals surface area contributed by atoms with Crippen LogP contribution >= 0.6 is 0 Å². The van der Waals surface area contributed by atoms with Gasteiger partial charge in [-0.05, 0) is 13.8 Å². The molecule has 2 amide bonds. The summed E-state index contributed by atoms with van der Waals surface area (Å²) in [6.45, 7) is 4.13. The molecule has 0 aliphatic carbocycles. The average molecular weight is 218 g/mol. The lowest BCUT2D eigenvalue weighted by Gasteiger charge is -2.25. The lowest BCUT2D eigenvalue weighted by molar-refractivity contribution is -0.136. The van der Waals surface area contributed by atoms with E-state index in [2.05, 4.69) is 10.6 Å². The number of methoxy groups -OCH3 is 1. The van der Waals surface area contributed by atoms with Gasteiger partial charge in [-0.25, -0.2) is 4.79 Å². The number of amides is 2. The zero-order valence-electron chi connectivity index (χ0n) is 9.29. The van der Waals surface area contributed by atoms with Gasteiger partial charge in [-0.2, -0.15) is 0 Å². The number of aliphatic carboxylic acids is 1. The summed E-state index contributed by atoms with van der Waals surface area (Å²) in [5, 5.41) is 13.5. The van der Waals surface area contributed by atoms with E-state index in [9.17, 15) is 9.59 Å². The Hall–Kier alpha value is -1.30. The first kappa shape index (κ1) is 13.7. The minimum Gasteiger partial charge on any atom is -0.481 e. The SMILES string of the molecule is COCC(C)(C)NC(=O)NCCC(=O)O. The number of rotatable bonds is 6. The number of hydrogen-bond donors (Lipinski definition) is 3. The molecule has 0 unspecified atom stereocenters. The van der Waals surface area contributed by atoms with Gasteiger partial charge in [0, 0.05) is 13.7 Å². The minimum absolute atomic E-state index is 0.0852. The predicted octanol–water partition coefficient (Wildman–Crippen LogP) is 0.185. The number of carboxylic acid groups (broad SMARTS) is 1. The van der Waals surface area contributed by atoms with E-state index in [0.717, 1.165) is 0 Å². The largest absolute Gasteiger partial charge is 0.481 e. The van der Waals surface area contributed by atoms with Gasteiger partial charge < -0.3 is 20.5 Å². The lowest BCUT2D eigenvalue weighted by Crippen LogP contribution is -2.51. The monoisotopic (exact) mass is 218 g/mol. The Morgan fingerprint density at radius 3 is 2.47 bits per heavy atom. The first-order valence-electron chi connectivity index (χ1n) is 4.64. The van der Waals surface area contributed by atoms with Crippen LogP contribution in [-0.2, 0) is 9.53 Å². The third kappa shape index (κ3) is 7.75. The number of carboxylic acids is 1. The van der Waals surface area contributed by atoms with Crippen molar-refractivity contribution in [1.29, 1.82) is 0 Å². The van der Waals surface area contributed by atoms with E-state index in [1.165, 1.54) is 0 Å². The van der Waals surface area contributed by atoms with Crippen LogP contribution in [0.15, 0.2) is 0 Å². The molecule has 0 aromatic carbocycles. The van der Waals surface area contributed by atoms with Crippen LogP contribution in [0.5, 0.6) is 0 Å². The molecule has 0 aliphatic heterocycles. The van der Waals surface area contributed by atoms with E-state index >= 15 is 0 Å². The Morgan fingerprint density at radius 1 is 1.40 bits per heavy atom. The smallest absolute Gasteiger partial charge is 0.315 e. The summed E-state index contributed by atoms with van der Waals surface area (Å²) in [5.41, 5.74) is -0.470. The number of carbonyl (C=O) groups is 2. The standard InChI is InChI=1S/C9H18N2O4/c1-9(2,6-15-3)11-8(14)10-5-4-7(12)13/h4-6H2,1-3H3,(H,12,13)(H2,10,11,14). The second-order valence-corrected chi connectivity index (χ2v) is 3.84. The van der Waals surface area contributed by atoms with Gasteiger partial charge in [0.1, 0.15) is 0 Å². The quantitative estimate of drug-likeness (QED) is 0.593. The molecule has 0 aliphatic rings. The molecule has 6 heteroatoms. The molecule has 15 heavy (non-hydrogen) atoms. The molecule has 0 saturated heterocycles. The Balaban J connectivity index is 3.77. The van der Waals surface area contributed by atoms with Crippen molar-refractivity contribution in [2.45, 2.75) is 25.8 Å². The van der Waals surface area contributed by atoms with Crippen LogP contribution in [0.3, 0.4) is 0 Å². The second-order valence-electron chi connectivity index (χ2n) is 3.84. The first-order chi connectivity index (χ1) is 6.87. The average Bonchev–Trinajstić information content (AvgIpc) is 2.01. The van der Waals surface area contributed by atoms with E-state index in [4.69, 9.17) is 9.84 Å². The molecule has 88 valence electrons. The molecule has 0 spiro atoms. The van der Waals surface area contributed by atoms with E-state index in [0.29, 0.717) is 6.61 Å². The van der Waals surface area contributed by atoms with Crippen LogP contribution < -0.4 is 10.6 Å². The van der Waals surface area contributed by atoms with E-state index in [1.807, 2.05) is 13.8 Å². The van der Waals surface area contributed by atoms with Gasteiger partial charge in [-0.15, -0.1) is 0 Å². The molecule has 0 rings (SSSR count). The third-order valence-electron chi connectivity index (χ3n) is 1.58. The van der Waals surface area contributed by atoms with Crippen LogP contribution in [-0.4, -0.2) is 42.9 Å². The normalized spacial score (nSPS) is 10.9. The Morgan fingerprint density at radius 2 is 2.00 bits per heavy atom. The molecule has 0 radical (unpaired) electrons. The van der Waals surface area contributed by atoms with Crippen molar-refractivity contribution in [2.24, 2.45) is 0 Å². The fourth-order valence-electron chi connectivity index (χ4n) is 1.03. The Labute approximate surface area is 89.0 Å². The second kappa shape index (κ2) is 6.23. The summed E-state index contributed by atoms with van der Waals surface area (Å²) in [7, 11) is 1.55. The van der Waals surface area contributed by atoms with Crippen LogP contribution in [0.1, 0.15) is 20.3 Å². The van der Waals surface area contributed by atoms with Gasteiger partial charge in [0.25, 0.3) is 0 Å². The Bertz CT molecular complexity index is 228. The molecule has 0 saturated carbocycles. The summed E-state index contributed by atoms with van der Waals surface area (Å²) in [6.07, 6.45) is -0.0852. The molecular formula is C9H18N2O4. The number of nitrogens with one attached hydrogen (secondary N) is 2. The van der Waals surface area contributed by atoms with Crippen molar-refractivity contribution >= 4 is 12.0 Å². The number of hydrogen-bond acceptors (Lipinski definition) is 3. The summed E-state index contributed by atoms with van der Waals surface area (Å²) in [6, 6.07) is -0.390. The zero-order valence-corrected chi connectivity index (χ0v) is 9.29. The van der Waals surface area contributed by atoms with Gasteiger partial charge in [0.2, 0.25) is 0 Å². The highest BCUT2D eigenvalue weighted by atomic mass is 16.5. The molecule has 6 nitrogen and oxygen atoms in total. The van der Waals surface area contributed by atoms with Crippen LogP contribution in [0, 0.1) is 0 Å². The number of urea groups is 1. The summed E-state index contributed by atoms with van der Waals surface area (Å²) in [5.74, 6) is -0.938. The summed E-state index contributed by atoms with van der Waals surface area (Å²) >= 11 is 0. The molecule has 0 fully saturated rings. The van der Waals surface area contributed by atoms with Crippen LogP contribution in [0.4, 0.5) is 4.79 Å². The predicted molar refractivity (Wildman–Crippen MR) is 54.7 cm³/mol. The highest BCUT2D eigenvalue weighted by molar-refractivity contribution is 5.75. The van der Waals surface area contributed by atoms with Gasteiger partial charge >= 0.3 is 12.0 Å². The van der Waals surface area contributed by atoms with E-state index < -0.39 is 17.5 Å². The number of carbonyl (C=O) groups excluding carboxylic acids is 1. The fourth-order valence-corrected chi connectivity index (χ4v) is 1.03.